The molecule has 4 rings (SSSR count). The summed E-state index contributed by atoms with van der Waals surface area (Å²) in [6.45, 7) is 2.31. The van der Waals surface area contributed by atoms with Gasteiger partial charge in [0.05, 0.1) is 23.9 Å². The number of piperidine rings is 1. The Labute approximate surface area is 153 Å². The zero-order valence-electron chi connectivity index (χ0n) is 15.4. The minimum Gasteiger partial charge on any atom is -0.381 e. The minimum absolute atomic E-state index is 0.296. The van der Waals surface area contributed by atoms with Gasteiger partial charge < -0.3 is 14.5 Å². The van der Waals surface area contributed by atoms with Crippen molar-refractivity contribution >= 4 is 11.9 Å². The quantitative estimate of drug-likeness (QED) is 0.826. The van der Waals surface area contributed by atoms with Crippen LogP contribution in [-0.2, 0) is 9.53 Å². The number of halogens is 1. The number of amides is 1. The monoisotopic (exact) mass is 362 g/mol. The molecule has 3 heterocycles. The largest absolute Gasteiger partial charge is 0.381 e. The zero-order chi connectivity index (χ0) is 18.1. The molecule has 1 atom stereocenters. The first kappa shape index (κ1) is 17.6. The van der Waals surface area contributed by atoms with Crippen LogP contribution in [-0.4, -0.2) is 59.7 Å². The molecule has 1 unspecified atom stereocenters. The first-order valence-electron chi connectivity index (χ1n) is 9.68. The molecule has 3 fully saturated rings. The van der Waals surface area contributed by atoms with E-state index in [1.54, 1.807) is 7.11 Å². The predicted molar refractivity (Wildman–Crippen MR) is 95.3 cm³/mol. The molecule has 3 aliphatic rings. The maximum Gasteiger partial charge on any atom is 0.230 e. The Kier molecular flexibility index (Phi) is 4.82. The first-order valence-corrected chi connectivity index (χ1v) is 9.68. The van der Waals surface area contributed by atoms with Crippen LogP contribution in [0.25, 0.3) is 0 Å². The third kappa shape index (κ3) is 3.17. The van der Waals surface area contributed by atoms with E-state index < -0.39 is 5.82 Å². The molecule has 6 nitrogen and oxygen atoms in total. The minimum atomic E-state index is -0.435. The maximum absolute atomic E-state index is 13.3. The molecule has 0 N–H and O–H groups in total. The second kappa shape index (κ2) is 7.10. The number of anilines is 1. The molecule has 0 radical (unpaired) electrons. The highest BCUT2D eigenvalue weighted by molar-refractivity contribution is 5.86. The van der Waals surface area contributed by atoms with Crippen molar-refractivity contribution in [2.75, 3.05) is 31.6 Å². The molecule has 7 heteroatoms. The topological polar surface area (TPSA) is 58.6 Å². The van der Waals surface area contributed by atoms with Crippen molar-refractivity contribution < 1.29 is 13.9 Å². The van der Waals surface area contributed by atoms with Gasteiger partial charge in [0, 0.05) is 32.8 Å². The summed E-state index contributed by atoms with van der Waals surface area (Å²) in [5.41, 5.74) is -0.325. The van der Waals surface area contributed by atoms with E-state index in [1.165, 1.54) is 12.4 Å². The lowest BCUT2D eigenvalue weighted by molar-refractivity contribution is -0.139. The molecule has 1 spiro atoms. The van der Waals surface area contributed by atoms with Gasteiger partial charge in [-0.15, -0.1) is 0 Å². The van der Waals surface area contributed by atoms with Crippen molar-refractivity contribution in [3.8, 4) is 0 Å². The van der Waals surface area contributed by atoms with E-state index in [4.69, 9.17) is 4.74 Å². The van der Waals surface area contributed by atoms with Crippen LogP contribution < -0.4 is 4.90 Å². The van der Waals surface area contributed by atoms with Crippen LogP contribution >= 0.6 is 0 Å². The normalized spacial score (nSPS) is 32.5. The van der Waals surface area contributed by atoms with Gasteiger partial charge in [0.15, 0.2) is 5.82 Å². The molecular formula is C19H27FN4O2. The van der Waals surface area contributed by atoms with Crippen LogP contribution in [0.3, 0.4) is 0 Å². The van der Waals surface area contributed by atoms with Gasteiger partial charge in [-0.3, -0.25) is 4.79 Å². The molecular weight excluding hydrogens is 335 g/mol. The van der Waals surface area contributed by atoms with E-state index >= 15 is 0 Å². The number of carbonyl (C=O) groups is 1. The molecule has 142 valence electrons. The van der Waals surface area contributed by atoms with E-state index in [0.717, 1.165) is 58.0 Å². The molecule has 26 heavy (non-hydrogen) atoms. The number of hydrogen-bond donors (Lipinski definition) is 0. The van der Waals surface area contributed by atoms with Crippen molar-refractivity contribution in [1.29, 1.82) is 0 Å². The fourth-order valence-corrected chi connectivity index (χ4v) is 4.94. The third-order valence-electron chi connectivity index (χ3n) is 6.43. The number of hydrogen-bond acceptors (Lipinski definition) is 5. The van der Waals surface area contributed by atoms with Gasteiger partial charge >= 0.3 is 0 Å². The highest BCUT2D eigenvalue weighted by Gasteiger charge is 2.51. The van der Waals surface area contributed by atoms with Crippen LogP contribution in [0, 0.1) is 11.2 Å². The van der Waals surface area contributed by atoms with Gasteiger partial charge in [-0.2, -0.15) is 0 Å². The summed E-state index contributed by atoms with van der Waals surface area (Å²) in [7, 11) is 1.77. The summed E-state index contributed by atoms with van der Waals surface area (Å²) in [5, 5.41) is 0. The maximum atomic E-state index is 13.3. The van der Waals surface area contributed by atoms with Crippen LogP contribution in [0.4, 0.5) is 10.3 Å². The third-order valence-corrected chi connectivity index (χ3v) is 6.43. The SMILES string of the molecule is CO[C@H]1CC[C@H](N2CCC3(CCCN(c4ncc(F)cn4)C3)C2=O)CC1. The fraction of sp³-hybridized carbons (Fsp3) is 0.737. The lowest BCUT2D eigenvalue weighted by atomic mass is 9.78. The standard InChI is InChI=1S/C19H27FN4O2/c1-26-16-5-3-15(4-6-16)24-10-8-19(17(24)25)7-2-9-23(13-19)18-21-11-14(20)12-22-18/h11-12,15-16H,2-10,13H2,1H3/t15-,16-,19?. The Hall–Kier alpha value is -1.76. The van der Waals surface area contributed by atoms with Crippen molar-refractivity contribution in [3.63, 3.8) is 0 Å². The summed E-state index contributed by atoms with van der Waals surface area (Å²) in [4.78, 5) is 25.7. The summed E-state index contributed by atoms with van der Waals surface area (Å²) >= 11 is 0. The lowest BCUT2D eigenvalue weighted by Gasteiger charge is -2.40. The Balaban J connectivity index is 1.45. The summed E-state index contributed by atoms with van der Waals surface area (Å²) in [6, 6.07) is 0.353. The molecule has 1 amide bonds. The Bertz CT molecular complexity index is 647. The van der Waals surface area contributed by atoms with Gasteiger partial charge in [0.2, 0.25) is 11.9 Å². The highest BCUT2D eigenvalue weighted by Crippen LogP contribution is 2.43. The molecule has 2 saturated heterocycles. The summed E-state index contributed by atoms with van der Waals surface area (Å²) in [5.74, 6) is 0.387. The molecule has 2 aliphatic heterocycles. The number of nitrogens with zero attached hydrogens (tertiary/aromatic N) is 4. The van der Waals surface area contributed by atoms with E-state index in [-0.39, 0.29) is 5.41 Å². The molecule has 0 bridgehead atoms. The molecule has 1 aromatic rings. The average Bonchev–Trinajstić information content (AvgIpc) is 2.98. The van der Waals surface area contributed by atoms with Gasteiger partial charge in [0.25, 0.3) is 0 Å². The fourth-order valence-electron chi connectivity index (χ4n) is 4.94. The van der Waals surface area contributed by atoms with Crippen molar-refractivity contribution in [2.24, 2.45) is 5.41 Å². The molecule has 0 aromatic carbocycles. The number of rotatable bonds is 3. The lowest BCUT2D eigenvalue weighted by Crippen LogP contribution is -2.50. The van der Waals surface area contributed by atoms with E-state index in [2.05, 4.69) is 14.9 Å². The smallest absolute Gasteiger partial charge is 0.230 e. The van der Waals surface area contributed by atoms with Crippen molar-refractivity contribution in [2.45, 2.75) is 57.1 Å². The Morgan fingerprint density at radius 2 is 1.88 bits per heavy atom. The number of carbonyl (C=O) groups excluding carboxylic acids is 1. The van der Waals surface area contributed by atoms with Crippen LogP contribution in [0.2, 0.25) is 0 Å². The van der Waals surface area contributed by atoms with E-state index in [0.29, 0.717) is 30.5 Å². The Morgan fingerprint density at radius 3 is 2.58 bits per heavy atom. The van der Waals surface area contributed by atoms with Gasteiger partial charge in [-0.25, -0.2) is 14.4 Å². The molecule has 1 aromatic heterocycles. The van der Waals surface area contributed by atoms with Gasteiger partial charge in [0.1, 0.15) is 0 Å². The average molecular weight is 362 g/mol. The first-order chi connectivity index (χ1) is 12.6. The van der Waals surface area contributed by atoms with Crippen molar-refractivity contribution in [3.05, 3.63) is 18.2 Å². The van der Waals surface area contributed by atoms with E-state index in [1.807, 2.05) is 4.90 Å². The predicted octanol–water partition coefficient (Wildman–Crippen LogP) is 2.39. The number of ether oxygens (including phenoxy) is 1. The number of likely N-dealkylation sites (tertiary alicyclic amines) is 1. The molecule has 1 saturated carbocycles. The summed E-state index contributed by atoms with van der Waals surface area (Å²) in [6.07, 6.45) is 9.63. The second-order valence-electron chi connectivity index (χ2n) is 7.92. The second-order valence-corrected chi connectivity index (χ2v) is 7.92. The number of methoxy groups -OCH3 is 1. The van der Waals surface area contributed by atoms with E-state index in [9.17, 15) is 9.18 Å². The van der Waals surface area contributed by atoms with Gasteiger partial charge in [-0.05, 0) is 44.9 Å². The Morgan fingerprint density at radius 1 is 1.15 bits per heavy atom. The molecule has 1 aliphatic carbocycles. The van der Waals surface area contributed by atoms with Crippen molar-refractivity contribution in [1.82, 2.24) is 14.9 Å². The summed E-state index contributed by atoms with van der Waals surface area (Å²) < 4.78 is 18.6. The van der Waals surface area contributed by atoms with Crippen LogP contribution in [0.15, 0.2) is 12.4 Å². The zero-order valence-corrected chi connectivity index (χ0v) is 15.4. The highest BCUT2D eigenvalue weighted by atomic mass is 19.1. The number of aromatic nitrogens is 2. The van der Waals surface area contributed by atoms with Crippen LogP contribution in [0.1, 0.15) is 44.9 Å². The van der Waals surface area contributed by atoms with Crippen LogP contribution in [0.5, 0.6) is 0 Å². The van der Waals surface area contributed by atoms with Gasteiger partial charge in [-0.1, -0.05) is 0 Å².